The Bertz CT molecular complexity index is 1560. The van der Waals surface area contributed by atoms with E-state index in [1.54, 1.807) is 30.3 Å². The van der Waals surface area contributed by atoms with Gasteiger partial charge in [0.2, 0.25) is 11.0 Å². The smallest absolute Gasteiger partial charge is 0.353 e. The standard InChI is InChI=1S/C26H17Cl3N2O7S2/c27-12-3-5-17(16(29)8-12)38-18-6-4-13(28)9-19(18)37-11-15-22(25(34)35)31-23(33)21(24(31)40-26(15)36)30-20(32)10-14-2-1-7-39-14/h1-9,21,24H,10-11H2,(H,30,32)(H,34,35)/t21?,24-/m0/s1. The first-order chi connectivity index (χ1) is 19.1. The molecule has 5 rings (SSSR count). The van der Waals surface area contributed by atoms with E-state index >= 15 is 0 Å². The molecule has 2 N–H and O–H groups in total. The molecule has 0 aliphatic carbocycles. The molecule has 40 heavy (non-hydrogen) atoms. The van der Waals surface area contributed by atoms with E-state index in [1.165, 1.54) is 29.5 Å². The van der Waals surface area contributed by atoms with Gasteiger partial charge in [-0.2, -0.15) is 0 Å². The molecule has 2 aromatic carbocycles. The van der Waals surface area contributed by atoms with Gasteiger partial charge in [-0.15, -0.1) is 11.3 Å². The Morgan fingerprint density at radius 1 is 1.00 bits per heavy atom. The number of fused-ring (bicyclic) bond motifs is 1. The van der Waals surface area contributed by atoms with Gasteiger partial charge in [-0.05, 0) is 41.8 Å². The molecule has 3 heterocycles. The van der Waals surface area contributed by atoms with Crippen molar-refractivity contribution in [1.29, 1.82) is 0 Å². The van der Waals surface area contributed by atoms with Gasteiger partial charge in [0.15, 0.2) is 11.5 Å². The number of benzene rings is 2. The van der Waals surface area contributed by atoms with Crippen LogP contribution < -0.4 is 14.8 Å². The normalized spacial score (nSPS) is 18.2. The first kappa shape index (κ1) is 28.3. The summed E-state index contributed by atoms with van der Waals surface area (Å²) in [6.07, 6.45) is 0.0682. The van der Waals surface area contributed by atoms with Gasteiger partial charge in [-0.25, -0.2) is 4.79 Å². The van der Waals surface area contributed by atoms with Crippen LogP contribution in [0.15, 0.2) is 65.2 Å². The average molecular weight is 640 g/mol. The Labute approximate surface area is 250 Å². The Morgan fingerprint density at radius 2 is 1.73 bits per heavy atom. The summed E-state index contributed by atoms with van der Waals surface area (Å²) in [6.45, 7) is -0.496. The maximum atomic E-state index is 13.1. The number of β-lactam (4-membered cyclic amide) rings is 1. The third kappa shape index (κ3) is 5.79. The molecular formula is C26H17Cl3N2O7S2. The quantitative estimate of drug-likeness (QED) is 0.299. The molecule has 0 spiro atoms. The van der Waals surface area contributed by atoms with Crippen molar-refractivity contribution in [2.75, 3.05) is 6.61 Å². The second-order valence-electron chi connectivity index (χ2n) is 8.49. The number of thiophene rings is 1. The van der Waals surface area contributed by atoms with Crippen molar-refractivity contribution in [1.82, 2.24) is 10.2 Å². The van der Waals surface area contributed by atoms with Gasteiger partial charge in [0.25, 0.3) is 5.91 Å². The van der Waals surface area contributed by atoms with Crippen LogP contribution in [-0.2, 0) is 25.6 Å². The van der Waals surface area contributed by atoms with Crippen molar-refractivity contribution < 1.29 is 33.8 Å². The summed E-state index contributed by atoms with van der Waals surface area (Å²) in [6, 6.07) is 11.7. The summed E-state index contributed by atoms with van der Waals surface area (Å²) < 4.78 is 11.6. The summed E-state index contributed by atoms with van der Waals surface area (Å²) in [5.74, 6) is -1.96. The number of thioether (sulfide) groups is 1. The largest absolute Gasteiger partial charge is 0.485 e. The zero-order valence-electron chi connectivity index (χ0n) is 20.1. The maximum absolute atomic E-state index is 13.1. The minimum Gasteiger partial charge on any atom is -0.485 e. The molecule has 1 unspecified atom stereocenters. The number of amides is 2. The molecule has 1 aromatic heterocycles. The Balaban J connectivity index is 1.34. The number of carboxylic acids is 1. The zero-order chi connectivity index (χ0) is 28.6. The number of ether oxygens (including phenoxy) is 2. The van der Waals surface area contributed by atoms with Crippen molar-refractivity contribution in [3.8, 4) is 17.2 Å². The number of hydrogen-bond acceptors (Lipinski definition) is 8. The van der Waals surface area contributed by atoms with Crippen LogP contribution in [0.1, 0.15) is 4.88 Å². The Morgan fingerprint density at radius 3 is 2.40 bits per heavy atom. The summed E-state index contributed by atoms with van der Waals surface area (Å²) in [7, 11) is 0. The van der Waals surface area contributed by atoms with E-state index in [4.69, 9.17) is 44.3 Å². The molecule has 2 amide bonds. The number of carbonyl (C=O) groups excluding carboxylic acids is 3. The molecule has 0 radical (unpaired) electrons. The van der Waals surface area contributed by atoms with Gasteiger partial charge < -0.3 is 19.9 Å². The first-order valence-corrected chi connectivity index (χ1v) is 14.4. The van der Waals surface area contributed by atoms with E-state index in [-0.39, 0.29) is 34.3 Å². The lowest BCUT2D eigenvalue weighted by Crippen LogP contribution is -2.71. The fourth-order valence-corrected chi connectivity index (χ4v) is 6.50. The molecule has 0 bridgehead atoms. The summed E-state index contributed by atoms with van der Waals surface area (Å²) in [5, 5.41) is 13.8. The van der Waals surface area contributed by atoms with Crippen molar-refractivity contribution in [2.24, 2.45) is 0 Å². The summed E-state index contributed by atoms with van der Waals surface area (Å²) in [4.78, 5) is 52.4. The molecule has 3 aromatic rings. The van der Waals surface area contributed by atoms with Gasteiger partial charge in [0, 0.05) is 21.0 Å². The molecule has 14 heteroatoms. The number of carbonyl (C=O) groups is 4. The number of hydrogen-bond donors (Lipinski definition) is 2. The van der Waals surface area contributed by atoms with E-state index < -0.39 is 46.6 Å². The minimum atomic E-state index is -1.48. The number of aliphatic carboxylic acids is 1. The lowest BCUT2D eigenvalue weighted by atomic mass is 10.0. The van der Waals surface area contributed by atoms with Crippen LogP contribution in [0.3, 0.4) is 0 Å². The number of nitrogens with zero attached hydrogens (tertiary/aromatic N) is 1. The first-order valence-electron chi connectivity index (χ1n) is 11.5. The highest BCUT2D eigenvalue weighted by Gasteiger charge is 2.56. The van der Waals surface area contributed by atoms with Crippen LogP contribution in [-0.4, -0.2) is 50.9 Å². The predicted octanol–water partition coefficient (Wildman–Crippen LogP) is 5.39. The Hall–Kier alpha value is -3.22. The van der Waals surface area contributed by atoms with Crippen molar-refractivity contribution in [3.63, 3.8) is 0 Å². The average Bonchev–Trinajstić information content (AvgIpc) is 3.41. The van der Waals surface area contributed by atoms with Crippen molar-refractivity contribution in [2.45, 2.75) is 17.8 Å². The third-order valence-corrected chi connectivity index (χ3v) is 8.70. The summed E-state index contributed by atoms with van der Waals surface area (Å²) >= 11 is 20.4. The highest BCUT2D eigenvalue weighted by molar-refractivity contribution is 8.14. The zero-order valence-corrected chi connectivity index (χ0v) is 24.0. The lowest BCUT2D eigenvalue weighted by molar-refractivity contribution is -0.151. The van der Waals surface area contributed by atoms with Gasteiger partial charge >= 0.3 is 5.97 Å². The van der Waals surface area contributed by atoms with E-state index in [0.29, 0.717) is 10.0 Å². The second-order valence-corrected chi connectivity index (χ2v) is 11.9. The molecule has 1 fully saturated rings. The topological polar surface area (TPSA) is 122 Å². The monoisotopic (exact) mass is 638 g/mol. The van der Waals surface area contributed by atoms with E-state index in [9.17, 15) is 24.3 Å². The van der Waals surface area contributed by atoms with Gasteiger partial charge in [0.1, 0.15) is 29.5 Å². The molecule has 2 atom stereocenters. The molecular weight excluding hydrogens is 623 g/mol. The summed E-state index contributed by atoms with van der Waals surface area (Å²) in [5.41, 5.74) is -0.742. The fourth-order valence-electron chi connectivity index (χ4n) is 4.04. The highest BCUT2D eigenvalue weighted by atomic mass is 35.5. The van der Waals surface area contributed by atoms with E-state index in [1.807, 2.05) is 5.38 Å². The van der Waals surface area contributed by atoms with Crippen LogP contribution in [0, 0.1) is 0 Å². The van der Waals surface area contributed by atoms with Crippen LogP contribution in [0.2, 0.25) is 15.1 Å². The Kier molecular flexibility index (Phi) is 8.29. The van der Waals surface area contributed by atoms with Crippen molar-refractivity contribution >= 4 is 80.8 Å². The van der Waals surface area contributed by atoms with Crippen LogP contribution in [0.5, 0.6) is 17.2 Å². The lowest BCUT2D eigenvalue weighted by Gasteiger charge is -2.48. The molecule has 1 saturated heterocycles. The van der Waals surface area contributed by atoms with E-state index in [2.05, 4.69) is 5.32 Å². The number of rotatable bonds is 9. The maximum Gasteiger partial charge on any atom is 0.353 e. The number of carboxylic acid groups (broad SMARTS) is 1. The number of nitrogens with one attached hydrogen (secondary N) is 1. The SMILES string of the molecule is O=C(Cc1cccs1)NC1C(=O)N2C(C(=O)O)=C(COc3cc(Cl)ccc3Oc3ccc(Cl)cc3Cl)C(=O)S[C@@H]12. The second kappa shape index (κ2) is 11.7. The number of halogens is 3. The van der Waals surface area contributed by atoms with E-state index in [0.717, 1.165) is 21.5 Å². The van der Waals surface area contributed by atoms with Gasteiger partial charge in [-0.1, -0.05) is 52.6 Å². The molecule has 9 nitrogen and oxygen atoms in total. The van der Waals surface area contributed by atoms with Crippen LogP contribution >= 0.6 is 57.9 Å². The molecule has 2 aliphatic rings. The molecule has 0 saturated carbocycles. The minimum absolute atomic E-state index is 0.0682. The van der Waals surface area contributed by atoms with Crippen LogP contribution in [0.25, 0.3) is 0 Å². The third-order valence-electron chi connectivity index (χ3n) is 5.87. The van der Waals surface area contributed by atoms with Gasteiger partial charge in [0.05, 0.1) is 17.0 Å². The van der Waals surface area contributed by atoms with Gasteiger partial charge in [-0.3, -0.25) is 19.3 Å². The molecule has 206 valence electrons. The van der Waals surface area contributed by atoms with Crippen molar-refractivity contribution in [3.05, 3.63) is 85.1 Å². The molecule has 2 aliphatic heterocycles. The highest BCUT2D eigenvalue weighted by Crippen LogP contribution is 2.42. The fraction of sp³-hybridized carbons (Fsp3) is 0.154. The predicted molar refractivity (Wildman–Crippen MR) is 151 cm³/mol. The van der Waals surface area contributed by atoms with Crippen LogP contribution in [0.4, 0.5) is 0 Å².